The molecule has 2 aromatic rings. The second kappa shape index (κ2) is 5.84. The van der Waals surface area contributed by atoms with Crippen molar-refractivity contribution >= 4 is 17.0 Å². The maximum atomic E-state index is 13.2. The van der Waals surface area contributed by atoms with Crippen molar-refractivity contribution in [3.8, 4) is 0 Å². The highest BCUT2D eigenvalue weighted by Crippen LogP contribution is 2.41. The van der Waals surface area contributed by atoms with Gasteiger partial charge in [0.1, 0.15) is 0 Å². The molecule has 1 amide bonds. The van der Waals surface area contributed by atoms with Crippen LogP contribution in [0.3, 0.4) is 0 Å². The van der Waals surface area contributed by atoms with Crippen molar-refractivity contribution in [3.05, 3.63) is 23.0 Å². The number of pyridine rings is 1. The van der Waals surface area contributed by atoms with E-state index in [1.54, 1.807) is 4.90 Å². The average Bonchev–Trinajstić information content (AvgIpc) is 3.16. The molecule has 0 aromatic carbocycles. The average molecular weight is 329 g/mol. The first-order chi connectivity index (χ1) is 11.6. The molecule has 0 spiro atoms. The molecule has 1 saturated heterocycles. The number of aliphatic hydroxyl groups excluding tert-OH is 1. The van der Waals surface area contributed by atoms with Crippen molar-refractivity contribution in [1.29, 1.82) is 0 Å². The van der Waals surface area contributed by atoms with Crippen LogP contribution in [0, 0.1) is 0 Å². The van der Waals surface area contributed by atoms with Crippen LogP contribution in [0.5, 0.6) is 0 Å². The number of amides is 1. The Balaban J connectivity index is 1.85. The third-order valence-electron chi connectivity index (χ3n) is 5.11. The zero-order chi connectivity index (χ0) is 16.8. The Labute approximate surface area is 140 Å². The van der Waals surface area contributed by atoms with E-state index in [-0.39, 0.29) is 24.5 Å². The molecule has 24 heavy (non-hydrogen) atoms. The van der Waals surface area contributed by atoms with Gasteiger partial charge in [-0.05, 0) is 37.7 Å². The Morgan fingerprint density at radius 3 is 2.88 bits per heavy atom. The van der Waals surface area contributed by atoms with Crippen LogP contribution >= 0.6 is 0 Å². The van der Waals surface area contributed by atoms with E-state index < -0.39 is 0 Å². The molecule has 6 nitrogen and oxygen atoms in total. The number of nitrogens with zero attached hydrogens (tertiary/aromatic N) is 3. The molecule has 0 radical (unpaired) electrons. The zero-order valence-corrected chi connectivity index (χ0v) is 14.2. The van der Waals surface area contributed by atoms with Crippen LogP contribution in [0.25, 0.3) is 11.1 Å². The van der Waals surface area contributed by atoms with E-state index in [0.717, 1.165) is 42.5 Å². The van der Waals surface area contributed by atoms with Crippen LogP contribution in [0.1, 0.15) is 73.1 Å². The van der Waals surface area contributed by atoms with E-state index in [9.17, 15) is 9.90 Å². The highest BCUT2D eigenvalue weighted by Gasteiger charge is 2.34. The number of rotatable bonds is 4. The van der Waals surface area contributed by atoms with Crippen LogP contribution in [0.15, 0.2) is 10.6 Å². The number of aliphatic hydroxyl groups is 1. The molecule has 3 heterocycles. The zero-order valence-electron chi connectivity index (χ0n) is 14.2. The number of fused-ring (bicyclic) bond motifs is 1. The molecule has 4 rings (SSSR count). The summed E-state index contributed by atoms with van der Waals surface area (Å²) in [5.74, 6) is 0.547. The molecule has 1 aliphatic heterocycles. The number of carbonyl (C=O) groups is 1. The van der Waals surface area contributed by atoms with Gasteiger partial charge >= 0.3 is 0 Å². The molecule has 1 saturated carbocycles. The van der Waals surface area contributed by atoms with Gasteiger partial charge in [0.05, 0.1) is 29.3 Å². The molecular weight excluding hydrogens is 306 g/mol. The summed E-state index contributed by atoms with van der Waals surface area (Å²) in [6.07, 6.45) is 4.01. The summed E-state index contributed by atoms with van der Waals surface area (Å²) >= 11 is 0. The molecule has 0 bridgehead atoms. The standard InChI is InChI=1S/C18H23N3O3/c1-10(2)16-15-13(18(23)21-7-3-4-12(21)9-22)8-14(11-5-6-11)19-17(15)24-20-16/h8,10-12,22H,3-7,9H2,1-2H3/t12-/m1/s1. The number of aromatic nitrogens is 2. The van der Waals surface area contributed by atoms with Gasteiger partial charge in [0.2, 0.25) is 0 Å². The topological polar surface area (TPSA) is 79.5 Å². The van der Waals surface area contributed by atoms with Crippen LogP contribution in [0.2, 0.25) is 0 Å². The lowest BCUT2D eigenvalue weighted by atomic mass is 10.0. The van der Waals surface area contributed by atoms with Crippen molar-refractivity contribution < 1.29 is 14.4 Å². The first-order valence-electron chi connectivity index (χ1n) is 8.82. The van der Waals surface area contributed by atoms with Crippen LogP contribution in [-0.2, 0) is 0 Å². The Kier molecular flexibility index (Phi) is 3.79. The Morgan fingerprint density at radius 2 is 2.21 bits per heavy atom. The van der Waals surface area contributed by atoms with Gasteiger partial charge in [0.15, 0.2) is 0 Å². The molecule has 1 atom stereocenters. The summed E-state index contributed by atoms with van der Waals surface area (Å²) in [6.45, 7) is 4.77. The Morgan fingerprint density at radius 1 is 1.42 bits per heavy atom. The first kappa shape index (κ1) is 15.6. The molecule has 2 fully saturated rings. The van der Waals surface area contributed by atoms with E-state index in [2.05, 4.69) is 10.1 Å². The van der Waals surface area contributed by atoms with Gasteiger partial charge in [0, 0.05) is 18.2 Å². The summed E-state index contributed by atoms with van der Waals surface area (Å²) < 4.78 is 5.45. The lowest BCUT2D eigenvalue weighted by Crippen LogP contribution is -2.37. The molecule has 128 valence electrons. The lowest BCUT2D eigenvalue weighted by Gasteiger charge is -2.23. The minimum absolute atomic E-state index is 0.0100. The van der Waals surface area contributed by atoms with Crippen molar-refractivity contribution in [1.82, 2.24) is 15.0 Å². The van der Waals surface area contributed by atoms with Gasteiger partial charge in [-0.2, -0.15) is 0 Å². The normalized spacial score (nSPS) is 21.2. The van der Waals surface area contributed by atoms with Crippen molar-refractivity contribution in [2.45, 2.75) is 57.4 Å². The molecule has 1 aliphatic carbocycles. The summed E-state index contributed by atoms with van der Waals surface area (Å²) in [7, 11) is 0. The minimum atomic E-state index is -0.0903. The van der Waals surface area contributed by atoms with Crippen molar-refractivity contribution in [2.24, 2.45) is 0 Å². The van der Waals surface area contributed by atoms with E-state index in [1.165, 1.54) is 0 Å². The van der Waals surface area contributed by atoms with Gasteiger partial charge in [0.25, 0.3) is 11.6 Å². The fraction of sp³-hybridized carbons (Fsp3) is 0.611. The molecule has 2 aromatic heterocycles. The maximum absolute atomic E-state index is 13.2. The van der Waals surface area contributed by atoms with Gasteiger partial charge in [-0.3, -0.25) is 4.79 Å². The van der Waals surface area contributed by atoms with Crippen LogP contribution in [0.4, 0.5) is 0 Å². The molecule has 1 N–H and O–H groups in total. The van der Waals surface area contributed by atoms with E-state index >= 15 is 0 Å². The van der Waals surface area contributed by atoms with Crippen molar-refractivity contribution in [3.63, 3.8) is 0 Å². The smallest absolute Gasteiger partial charge is 0.259 e. The molecule has 6 heteroatoms. The summed E-state index contributed by atoms with van der Waals surface area (Å²) in [5, 5.41) is 14.5. The monoisotopic (exact) mass is 329 g/mol. The predicted octanol–water partition coefficient (Wildman–Crippen LogP) is 2.82. The lowest BCUT2D eigenvalue weighted by molar-refractivity contribution is 0.0679. The van der Waals surface area contributed by atoms with Gasteiger partial charge in [-0.15, -0.1) is 0 Å². The largest absolute Gasteiger partial charge is 0.394 e. The fourth-order valence-electron chi connectivity index (χ4n) is 3.59. The quantitative estimate of drug-likeness (QED) is 0.933. The summed E-state index contributed by atoms with van der Waals surface area (Å²) in [6, 6.07) is 1.84. The third kappa shape index (κ3) is 2.49. The van der Waals surface area contributed by atoms with Crippen molar-refractivity contribution in [2.75, 3.05) is 13.2 Å². The number of carbonyl (C=O) groups excluding carboxylic acids is 1. The number of hydrogen-bond donors (Lipinski definition) is 1. The Bertz CT molecular complexity index is 779. The van der Waals surface area contributed by atoms with Crippen LogP contribution < -0.4 is 0 Å². The minimum Gasteiger partial charge on any atom is -0.394 e. The Hall–Kier alpha value is -1.95. The SMILES string of the molecule is CC(C)c1noc2nc(C3CC3)cc(C(=O)N3CCC[C@@H]3CO)c12. The van der Waals surface area contributed by atoms with Crippen LogP contribution in [-0.4, -0.2) is 45.2 Å². The highest BCUT2D eigenvalue weighted by molar-refractivity contribution is 6.06. The van der Waals surface area contributed by atoms with Gasteiger partial charge < -0.3 is 14.5 Å². The second-order valence-corrected chi connectivity index (χ2v) is 7.25. The molecule has 2 aliphatic rings. The summed E-state index contributed by atoms with van der Waals surface area (Å²) in [4.78, 5) is 19.6. The summed E-state index contributed by atoms with van der Waals surface area (Å²) in [5.41, 5.74) is 2.80. The molecular formula is C18H23N3O3. The first-order valence-corrected chi connectivity index (χ1v) is 8.82. The maximum Gasteiger partial charge on any atom is 0.259 e. The highest BCUT2D eigenvalue weighted by atomic mass is 16.5. The second-order valence-electron chi connectivity index (χ2n) is 7.25. The van der Waals surface area contributed by atoms with E-state index in [0.29, 0.717) is 23.7 Å². The van der Waals surface area contributed by atoms with E-state index in [1.807, 2.05) is 19.9 Å². The third-order valence-corrected chi connectivity index (χ3v) is 5.11. The number of hydrogen-bond acceptors (Lipinski definition) is 5. The molecule has 0 unspecified atom stereocenters. The van der Waals surface area contributed by atoms with E-state index in [4.69, 9.17) is 4.52 Å². The van der Waals surface area contributed by atoms with Gasteiger partial charge in [-0.25, -0.2) is 4.98 Å². The van der Waals surface area contributed by atoms with Gasteiger partial charge in [-0.1, -0.05) is 19.0 Å². The number of likely N-dealkylation sites (tertiary alicyclic amines) is 1. The predicted molar refractivity (Wildman–Crippen MR) is 89.0 cm³/mol. The fourth-order valence-corrected chi connectivity index (χ4v) is 3.59.